The van der Waals surface area contributed by atoms with Crippen molar-refractivity contribution in [3.8, 4) is 0 Å². The minimum absolute atomic E-state index is 0.125. The number of hydrogen-bond donors (Lipinski definition) is 0. The van der Waals surface area contributed by atoms with Crippen molar-refractivity contribution in [3.05, 3.63) is 0 Å². The number of rotatable bonds is 3. The molecule has 1 saturated carbocycles. The second-order valence-electron chi connectivity index (χ2n) is 3.34. The molecule has 0 radical (unpaired) electrons. The number of Topliss-reactive ketones (excluding diaryl/α,β-unsaturated/α-hetero) is 2. The molecule has 1 aliphatic carbocycles. The number of carbonyl (C=O) groups is 4. The lowest BCUT2D eigenvalue weighted by Crippen LogP contribution is -2.25. The third-order valence-corrected chi connectivity index (χ3v) is 2.40. The highest BCUT2D eigenvalue weighted by molar-refractivity contribution is 6.46. The Kier molecular flexibility index (Phi) is 3.76. The molecule has 6 nitrogen and oxygen atoms in total. The number of carbonyl (C=O) groups excluding carboxylic acids is 4. The summed E-state index contributed by atoms with van der Waals surface area (Å²) in [6, 6.07) is 0. The molecule has 6 heteroatoms. The van der Waals surface area contributed by atoms with Gasteiger partial charge in [-0.25, -0.2) is 0 Å². The van der Waals surface area contributed by atoms with Crippen molar-refractivity contribution in [2.75, 3.05) is 13.7 Å². The van der Waals surface area contributed by atoms with Gasteiger partial charge < -0.3 is 9.47 Å². The Morgan fingerprint density at radius 3 is 2.12 bits per heavy atom. The molecule has 0 aromatic carbocycles. The standard InChI is InChI=1S/C10H12O6/c1-3-16-10(14)6-4-5(9(13)15-2)7(11)8(6)12/h5-6H,3-4H2,1-2H3. The van der Waals surface area contributed by atoms with E-state index in [2.05, 4.69) is 9.47 Å². The van der Waals surface area contributed by atoms with Gasteiger partial charge in [-0.2, -0.15) is 0 Å². The van der Waals surface area contributed by atoms with Crippen LogP contribution in [0.4, 0.5) is 0 Å². The van der Waals surface area contributed by atoms with Crippen LogP contribution in [-0.2, 0) is 28.7 Å². The van der Waals surface area contributed by atoms with Gasteiger partial charge in [0, 0.05) is 0 Å². The van der Waals surface area contributed by atoms with Crippen LogP contribution < -0.4 is 0 Å². The molecule has 2 atom stereocenters. The maximum Gasteiger partial charge on any atom is 0.317 e. The average molecular weight is 228 g/mol. The van der Waals surface area contributed by atoms with E-state index in [0.717, 1.165) is 7.11 Å². The topological polar surface area (TPSA) is 86.7 Å². The van der Waals surface area contributed by atoms with Crippen LogP contribution in [0.5, 0.6) is 0 Å². The fourth-order valence-electron chi connectivity index (χ4n) is 1.58. The fraction of sp³-hybridized carbons (Fsp3) is 0.600. The lowest BCUT2D eigenvalue weighted by Gasteiger charge is -2.06. The molecule has 0 N–H and O–H groups in total. The van der Waals surface area contributed by atoms with Gasteiger partial charge in [0.25, 0.3) is 0 Å². The van der Waals surface area contributed by atoms with Crippen LogP contribution in [0.25, 0.3) is 0 Å². The molecule has 0 heterocycles. The summed E-state index contributed by atoms with van der Waals surface area (Å²) in [7, 11) is 1.12. The Morgan fingerprint density at radius 1 is 1.19 bits per heavy atom. The van der Waals surface area contributed by atoms with Gasteiger partial charge in [-0.15, -0.1) is 0 Å². The number of methoxy groups -OCH3 is 1. The summed E-state index contributed by atoms with van der Waals surface area (Å²) in [6.07, 6.45) is -0.150. The summed E-state index contributed by atoms with van der Waals surface area (Å²) in [5.74, 6) is -5.60. The smallest absolute Gasteiger partial charge is 0.317 e. The van der Waals surface area contributed by atoms with Gasteiger partial charge in [0.15, 0.2) is 0 Å². The first-order valence-electron chi connectivity index (χ1n) is 4.85. The van der Waals surface area contributed by atoms with Gasteiger partial charge in [-0.1, -0.05) is 0 Å². The first-order valence-corrected chi connectivity index (χ1v) is 4.85. The molecule has 0 saturated heterocycles. The highest BCUT2D eigenvalue weighted by Gasteiger charge is 2.49. The van der Waals surface area contributed by atoms with E-state index in [1.54, 1.807) is 6.92 Å². The molecular formula is C10H12O6. The lowest BCUT2D eigenvalue weighted by molar-refractivity contribution is -0.152. The Morgan fingerprint density at radius 2 is 1.69 bits per heavy atom. The van der Waals surface area contributed by atoms with Crippen LogP contribution in [0.1, 0.15) is 13.3 Å². The third-order valence-electron chi connectivity index (χ3n) is 2.40. The third kappa shape index (κ3) is 2.10. The van der Waals surface area contributed by atoms with Gasteiger partial charge in [-0.3, -0.25) is 19.2 Å². The summed E-state index contributed by atoms with van der Waals surface area (Å²) < 4.78 is 9.02. The quantitative estimate of drug-likeness (QED) is 0.367. The van der Waals surface area contributed by atoms with E-state index >= 15 is 0 Å². The molecule has 0 bridgehead atoms. The summed E-state index contributed by atoms with van der Waals surface area (Å²) in [5.41, 5.74) is 0. The summed E-state index contributed by atoms with van der Waals surface area (Å²) in [4.78, 5) is 45.2. The summed E-state index contributed by atoms with van der Waals surface area (Å²) in [5, 5.41) is 0. The molecule has 0 amide bonds. The zero-order valence-corrected chi connectivity index (χ0v) is 9.02. The van der Waals surface area contributed by atoms with Gasteiger partial charge >= 0.3 is 11.9 Å². The van der Waals surface area contributed by atoms with Crippen LogP contribution in [-0.4, -0.2) is 37.2 Å². The van der Waals surface area contributed by atoms with Crippen LogP contribution in [0, 0.1) is 11.8 Å². The maximum absolute atomic E-state index is 11.4. The predicted molar refractivity (Wildman–Crippen MR) is 50.3 cm³/mol. The van der Waals surface area contributed by atoms with E-state index in [1.807, 2.05) is 0 Å². The monoisotopic (exact) mass is 228 g/mol. The number of esters is 2. The average Bonchev–Trinajstić information content (AvgIpc) is 2.56. The van der Waals surface area contributed by atoms with E-state index in [-0.39, 0.29) is 13.0 Å². The molecule has 1 rings (SSSR count). The van der Waals surface area contributed by atoms with Crippen molar-refractivity contribution in [2.45, 2.75) is 13.3 Å². The van der Waals surface area contributed by atoms with Gasteiger partial charge in [0.2, 0.25) is 11.6 Å². The van der Waals surface area contributed by atoms with E-state index in [9.17, 15) is 19.2 Å². The first-order chi connectivity index (χ1) is 7.52. The Balaban J connectivity index is 2.79. The van der Waals surface area contributed by atoms with E-state index in [0.29, 0.717) is 0 Å². The maximum atomic E-state index is 11.4. The van der Waals surface area contributed by atoms with Crippen LogP contribution in [0.15, 0.2) is 0 Å². The Hall–Kier alpha value is -1.72. The lowest BCUT2D eigenvalue weighted by atomic mass is 10.1. The summed E-state index contributed by atoms with van der Waals surface area (Å²) in [6.45, 7) is 1.72. The minimum Gasteiger partial charge on any atom is -0.468 e. The minimum atomic E-state index is -1.16. The number of hydrogen-bond acceptors (Lipinski definition) is 6. The van der Waals surface area contributed by atoms with Crippen molar-refractivity contribution in [2.24, 2.45) is 11.8 Å². The van der Waals surface area contributed by atoms with Gasteiger partial charge in [0.05, 0.1) is 13.7 Å². The SMILES string of the molecule is CCOC(=O)C1CC(C(=O)OC)C(=O)C1=O. The molecule has 1 fully saturated rings. The summed E-state index contributed by atoms with van der Waals surface area (Å²) >= 11 is 0. The van der Waals surface area contributed by atoms with Crippen molar-refractivity contribution in [1.29, 1.82) is 0 Å². The fourth-order valence-corrected chi connectivity index (χ4v) is 1.58. The molecule has 0 spiro atoms. The van der Waals surface area contributed by atoms with E-state index in [4.69, 9.17) is 0 Å². The first kappa shape index (κ1) is 12.4. The molecular weight excluding hydrogens is 216 g/mol. The van der Waals surface area contributed by atoms with Gasteiger partial charge in [0.1, 0.15) is 11.8 Å². The van der Waals surface area contributed by atoms with Crippen molar-refractivity contribution >= 4 is 23.5 Å². The van der Waals surface area contributed by atoms with Crippen LogP contribution in [0.2, 0.25) is 0 Å². The molecule has 16 heavy (non-hydrogen) atoms. The zero-order chi connectivity index (χ0) is 12.3. The Bertz CT molecular complexity index is 345. The molecule has 0 aromatic rings. The zero-order valence-electron chi connectivity index (χ0n) is 9.02. The van der Waals surface area contributed by atoms with Crippen molar-refractivity contribution in [3.63, 3.8) is 0 Å². The second kappa shape index (κ2) is 4.87. The van der Waals surface area contributed by atoms with Crippen molar-refractivity contribution in [1.82, 2.24) is 0 Å². The highest BCUT2D eigenvalue weighted by atomic mass is 16.5. The van der Waals surface area contributed by atoms with E-state index in [1.165, 1.54) is 0 Å². The van der Waals surface area contributed by atoms with Gasteiger partial charge in [-0.05, 0) is 13.3 Å². The normalized spacial score (nSPS) is 24.4. The molecule has 88 valence electrons. The molecule has 0 aliphatic heterocycles. The van der Waals surface area contributed by atoms with Crippen LogP contribution >= 0.6 is 0 Å². The molecule has 2 unspecified atom stereocenters. The Labute approximate surface area is 91.9 Å². The van der Waals surface area contributed by atoms with E-state index < -0.39 is 35.3 Å². The second-order valence-corrected chi connectivity index (χ2v) is 3.34. The predicted octanol–water partition coefficient (Wildman–Crippen LogP) is -0.503. The highest BCUT2D eigenvalue weighted by Crippen LogP contribution is 2.26. The number of ketones is 2. The molecule has 1 aliphatic rings. The largest absolute Gasteiger partial charge is 0.468 e. The van der Waals surface area contributed by atoms with Crippen molar-refractivity contribution < 1.29 is 28.7 Å². The molecule has 0 aromatic heterocycles. The number of ether oxygens (including phenoxy) is 2. The van der Waals surface area contributed by atoms with Crippen LogP contribution in [0.3, 0.4) is 0 Å².